The molecule has 400 valence electrons. The number of phenols is 2. The summed E-state index contributed by atoms with van der Waals surface area (Å²) in [5.41, 5.74) is 10.1. The second kappa shape index (κ2) is 30.5. The number of Topliss-reactive ketones (excluding diaryl/α,β-unsaturated/α-hetero) is 2. The van der Waals surface area contributed by atoms with E-state index in [4.69, 9.17) is 9.47 Å². The summed E-state index contributed by atoms with van der Waals surface area (Å²) < 4.78 is 11.1. The maximum absolute atomic E-state index is 13.3. The number of esters is 2. The molecule has 0 spiro atoms. The van der Waals surface area contributed by atoms with Crippen LogP contribution >= 0.6 is 0 Å². The lowest BCUT2D eigenvalue weighted by Crippen LogP contribution is -2.35. The summed E-state index contributed by atoms with van der Waals surface area (Å²) in [5.74, 6) is -4.01. The summed E-state index contributed by atoms with van der Waals surface area (Å²) in [6.07, 6.45) is 25.5. The molecule has 0 amide bonds. The highest BCUT2D eigenvalue weighted by Crippen LogP contribution is 2.48. The van der Waals surface area contributed by atoms with Crippen LogP contribution in [-0.4, -0.2) is 52.0 Å². The van der Waals surface area contributed by atoms with Gasteiger partial charge in [-0.1, -0.05) is 122 Å². The van der Waals surface area contributed by atoms with Gasteiger partial charge >= 0.3 is 11.9 Å². The fourth-order valence-corrected chi connectivity index (χ4v) is 9.98. The van der Waals surface area contributed by atoms with Gasteiger partial charge in [-0.25, -0.2) is 9.59 Å². The van der Waals surface area contributed by atoms with E-state index in [2.05, 4.69) is 72.9 Å². The van der Waals surface area contributed by atoms with Crippen molar-refractivity contribution in [2.45, 2.75) is 192 Å². The van der Waals surface area contributed by atoms with Crippen LogP contribution in [0.3, 0.4) is 0 Å². The third-order valence-corrected chi connectivity index (χ3v) is 14.3. The van der Waals surface area contributed by atoms with Gasteiger partial charge in [0.2, 0.25) is 11.6 Å². The predicted molar refractivity (Wildman–Crippen MR) is 299 cm³/mol. The second-order valence-corrected chi connectivity index (χ2v) is 21.4. The summed E-state index contributed by atoms with van der Waals surface area (Å²) >= 11 is 0. The molecule has 0 unspecified atom stereocenters. The van der Waals surface area contributed by atoms with Gasteiger partial charge in [0, 0.05) is 23.0 Å². The Kier molecular flexibility index (Phi) is 25.7. The number of hydrogen-bond donors (Lipinski definition) is 3. The number of allylic oxidation sites excluding steroid dienone is 14. The monoisotopic (exact) mass is 1000 g/mol. The molecule has 0 bridgehead atoms. The first-order valence-electron chi connectivity index (χ1n) is 27.0. The van der Waals surface area contributed by atoms with Crippen molar-refractivity contribution in [3.8, 4) is 11.5 Å². The maximum atomic E-state index is 13.3. The fourth-order valence-electron chi connectivity index (χ4n) is 9.98. The quantitative estimate of drug-likeness (QED) is 0.0303. The van der Waals surface area contributed by atoms with Gasteiger partial charge in [0.1, 0.15) is 41.6 Å². The molecule has 73 heavy (non-hydrogen) atoms. The van der Waals surface area contributed by atoms with Crippen molar-refractivity contribution in [2.75, 3.05) is 13.2 Å². The molecular formula is C64H90O9. The van der Waals surface area contributed by atoms with E-state index in [9.17, 15) is 34.5 Å². The van der Waals surface area contributed by atoms with E-state index in [-0.39, 0.29) is 71.2 Å². The molecule has 1 aromatic carbocycles. The van der Waals surface area contributed by atoms with Crippen molar-refractivity contribution >= 4 is 23.5 Å². The summed E-state index contributed by atoms with van der Waals surface area (Å²) in [4.78, 5) is 53.3. The van der Waals surface area contributed by atoms with Crippen molar-refractivity contribution in [3.63, 3.8) is 0 Å². The molecular weight excluding hydrogens is 913 g/mol. The minimum atomic E-state index is -0.765. The number of aliphatic hydroxyl groups is 1. The van der Waals surface area contributed by atoms with Gasteiger partial charge in [-0.3, -0.25) is 9.59 Å². The molecule has 3 N–H and O–H groups in total. The number of unbranched alkanes of at least 4 members (excludes halogenated alkanes) is 4. The maximum Gasteiger partial charge on any atom is 0.342 e. The minimum absolute atomic E-state index is 0.00307. The third-order valence-electron chi connectivity index (χ3n) is 14.3. The minimum Gasteiger partial charge on any atom is -0.507 e. The van der Waals surface area contributed by atoms with Gasteiger partial charge in [-0.2, -0.15) is 0 Å². The number of ketones is 2. The van der Waals surface area contributed by atoms with E-state index in [1.807, 2.05) is 59.8 Å². The summed E-state index contributed by atoms with van der Waals surface area (Å²) in [7, 11) is 0. The Morgan fingerprint density at radius 1 is 0.658 bits per heavy atom. The average Bonchev–Trinajstić information content (AvgIpc) is 3.30. The molecule has 0 aliphatic heterocycles. The Balaban J connectivity index is 0.000000385. The molecule has 9 nitrogen and oxygen atoms in total. The van der Waals surface area contributed by atoms with Gasteiger partial charge in [-0.15, -0.1) is 0 Å². The van der Waals surface area contributed by atoms with Crippen LogP contribution in [0.15, 0.2) is 123 Å². The van der Waals surface area contributed by atoms with Crippen molar-refractivity contribution in [2.24, 2.45) is 17.8 Å². The molecule has 1 aromatic rings. The number of carbonyl (C=O) groups is 4. The summed E-state index contributed by atoms with van der Waals surface area (Å²) in [6.45, 7) is 32.8. The van der Waals surface area contributed by atoms with Crippen molar-refractivity contribution in [3.05, 3.63) is 139 Å². The molecule has 4 atom stereocenters. The van der Waals surface area contributed by atoms with Crippen LogP contribution < -0.4 is 0 Å². The topological polar surface area (TPSA) is 147 Å². The number of carbonyl (C=O) groups excluding carboxylic acids is 4. The van der Waals surface area contributed by atoms with E-state index in [0.717, 1.165) is 111 Å². The highest BCUT2D eigenvalue weighted by Gasteiger charge is 2.43. The Hall–Kier alpha value is -5.70. The van der Waals surface area contributed by atoms with Crippen LogP contribution in [0.1, 0.15) is 207 Å². The normalized spacial score (nSPS) is 19.3. The van der Waals surface area contributed by atoms with Crippen LogP contribution in [0.2, 0.25) is 0 Å². The molecule has 0 saturated heterocycles. The molecule has 0 radical (unpaired) electrons. The first-order chi connectivity index (χ1) is 34.5. The van der Waals surface area contributed by atoms with E-state index in [1.54, 1.807) is 6.07 Å². The smallest absolute Gasteiger partial charge is 0.342 e. The highest BCUT2D eigenvalue weighted by molar-refractivity contribution is 6.51. The summed E-state index contributed by atoms with van der Waals surface area (Å²) in [6, 6.07) is 1.66. The zero-order chi connectivity index (χ0) is 54.5. The van der Waals surface area contributed by atoms with Crippen molar-refractivity contribution in [1.29, 1.82) is 0 Å². The number of phenolic OH excluding ortho intramolecular Hbond substituents is 2. The van der Waals surface area contributed by atoms with Gasteiger partial charge in [0.05, 0.1) is 5.57 Å². The first kappa shape index (κ1) is 61.6. The van der Waals surface area contributed by atoms with Crippen LogP contribution in [0, 0.1) is 17.8 Å². The molecule has 0 fully saturated rings. The zero-order valence-electron chi connectivity index (χ0n) is 46.8. The SMILES string of the molecule is C=C(C)[C@@H]1CCC(C)=C[C@H]1C1=C(O)C(C(=O)OC/C=C(\C)CCC=C(C)C)=C(CCCCC)C(=O)C1=O.C=C(C)[C@@H]1CCC(C)=C[C@H]1c1c(O)cc(CCCCC)c(C(=O)OC/C=C(\C)CCC=C(C)C)c1O. The number of aromatic hydroxyl groups is 2. The Labute approximate surface area is 439 Å². The predicted octanol–water partition coefficient (Wildman–Crippen LogP) is 16.3. The number of ether oxygens (including phenoxy) is 2. The fraction of sp³-hybridized carbons (Fsp3) is 0.531. The van der Waals surface area contributed by atoms with Crippen molar-refractivity contribution < 1.29 is 44.0 Å². The third kappa shape index (κ3) is 18.3. The van der Waals surface area contributed by atoms with Crippen LogP contribution in [0.5, 0.6) is 11.5 Å². The Morgan fingerprint density at radius 3 is 1.63 bits per heavy atom. The summed E-state index contributed by atoms with van der Waals surface area (Å²) in [5, 5.41) is 33.9. The number of benzene rings is 1. The molecule has 0 heterocycles. The molecule has 4 rings (SSSR count). The van der Waals surface area contributed by atoms with Gasteiger partial charge in [0.25, 0.3) is 0 Å². The van der Waals surface area contributed by atoms with E-state index in [1.165, 1.54) is 16.7 Å². The largest absolute Gasteiger partial charge is 0.507 e. The molecule has 3 aliphatic carbocycles. The van der Waals surface area contributed by atoms with Gasteiger partial charge in [0.15, 0.2) is 0 Å². The lowest BCUT2D eigenvalue weighted by Gasteiger charge is -2.33. The first-order valence-corrected chi connectivity index (χ1v) is 27.0. The number of aryl methyl sites for hydroxylation is 1. The van der Waals surface area contributed by atoms with Crippen LogP contribution in [0.25, 0.3) is 0 Å². The molecule has 0 saturated carbocycles. The Bertz CT molecular complexity index is 2430. The van der Waals surface area contributed by atoms with Crippen molar-refractivity contribution in [1.82, 2.24) is 0 Å². The lowest BCUT2D eigenvalue weighted by atomic mass is 9.70. The highest BCUT2D eigenvalue weighted by atomic mass is 16.5. The number of rotatable bonds is 24. The van der Waals surface area contributed by atoms with Gasteiger partial charge in [-0.05, 0) is 182 Å². The van der Waals surface area contributed by atoms with Gasteiger partial charge < -0.3 is 24.8 Å². The second-order valence-electron chi connectivity index (χ2n) is 21.4. The average molecular weight is 1000 g/mol. The number of aliphatic hydroxyl groups excluding tert-OH is 1. The van der Waals surface area contributed by atoms with Crippen LogP contribution in [-0.2, 0) is 30.3 Å². The molecule has 3 aliphatic rings. The number of hydrogen-bond acceptors (Lipinski definition) is 9. The van der Waals surface area contributed by atoms with E-state index < -0.39 is 35.2 Å². The zero-order valence-corrected chi connectivity index (χ0v) is 46.8. The molecule has 0 aromatic heterocycles. The Morgan fingerprint density at radius 2 is 1.14 bits per heavy atom. The van der Waals surface area contributed by atoms with Crippen LogP contribution in [0.4, 0.5) is 0 Å². The standard InChI is InChI=1S/C32H44O5.C32H46O4/c1-8-9-10-14-25-28(32(36)37-18-17-22(6)13-11-12-20(2)3)30(34)27(31(35)29(25)33)26-19-23(7)15-16-24(26)21(4)5;1-8-9-10-14-25-20-28(33)30(27-19-24(7)15-16-26(27)22(4)5)31(34)29(25)32(35)36-18-17-23(6)13-11-12-21(2)3/h12,17,19,24,26,34H,4,8-11,13-16,18H2,1-3,5-7H3;12,17,19-20,26-27,33-34H,4,8-11,13-16,18H2,1-3,5-7H3/b22-17+;23-17+/t24-,26+;26-,27+/m00/s1. The molecule has 9 heteroatoms. The van der Waals surface area contributed by atoms with E-state index in [0.29, 0.717) is 24.0 Å². The lowest BCUT2D eigenvalue weighted by molar-refractivity contribution is -0.138. The van der Waals surface area contributed by atoms with E-state index >= 15 is 0 Å².